The molecular weight excluding hydrogens is 520 g/mol. The molecule has 8 rings (SSSR count). The second kappa shape index (κ2) is 10.3. The minimum atomic E-state index is 1.12. The third kappa shape index (κ3) is 4.27. The Labute approximate surface area is 251 Å². The molecule has 0 fully saturated rings. The van der Waals surface area contributed by atoms with E-state index in [1.54, 1.807) is 0 Å². The number of fused-ring (bicyclic) bond motifs is 5. The number of nitrogens with zero attached hydrogens (tertiary/aromatic N) is 2. The minimum absolute atomic E-state index is 1.12. The van der Waals surface area contributed by atoms with Gasteiger partial charge in [0.1, 0.15) is 0 Å². The number of hydrogen-bond acceptors (Lipinski definition) is 1. The van der Waals surface area contributed by atoms with Crippen LogP contribution in [0.4, 0.5) is 17.1 Å². The van der Waals surface area contributed by atoms with Crippen LogP contribution in [0.2, 0.25) is 0 Å². The molecule has 7 aromatic carbocycles. The van der Waals surface area contributed by atoms with Gasteiger partial charge in [-0.2, -0.15) is 0 Å². The maximum Gasteiger partial charge on any atom is 0.0568 e. The average molecular weight is 551 g/mol. The van der Waals surface area contributed by atoms with E-state index in [1.807, 2.05) is 0 Å². The van der Waals surface area contributed by atoms with Gasteiger partial charge in [0.15, 0.2) is 0 Å². The molecule has 0 atom stereocenters. The van der Waals surface area contributed by atoms with E-state index in [0.29, 0.717) is 0 Å². The number of rotatable bonds is 5. The van der Waals surface area contributed by atoms with Crippen molar-refractivity contribution in [1.29, 1.82) is 0 Å². The SMILES string of the molecule is Cn1c2ccc3ccccc3c2c2cccc(-c3ccc(N(c4ccccc4)c4ccc(-c5ccccc5)cc4)cc3)c21. The molecule has 43 heavy (non-hydrogen) atoms. The predicted octanol–water partition coefficient (Wildman–Crippen LogP) is 11.3. The lowest BCUT2D eigenvalue weighted by Gasteiger charge is -2.26. The maximum atomic E-state index is 2.35. The van der Waals surface area contributed by atoms with Crippen LogP contribution in [-0.4, -0.2) is 4.57 Å². The predicted molar refractivity (Wildman–Crippen MR) is 183 cm³/mol. The molecule has 0 aliphatic rings. The zero-order valence-electron chi connectivity index (χ0n) is 24.0. The highest BCUT2D eigenvalue weighted by Crippen LogP contribution is 2.40. The van der Waals surface area contributed by atoms with Crippen molar-refractivity contribution in [2.75, 3.05) is 4.90 Å². The molecule has 0 aliphatic heterocycles. The van der Waals surface area contributed by atoms with E-state index in [9.17, 15) is 0 Å². The summed E-state index contributed by atoms with van der Waals surface area (Å²) in [6.45, 7) is 0. The molecule has 1 heterocycles. The highest BCUT2D eigenvalue weighted by atomic mass is 15.1. The lowest BCUT2D eigenvalue weighted by molar-refractivity contribution is 1.02. The van der Waals surface area contributed by atoms with E-state index >= 15 is 0 Å². The van der Waals surface area contributed by atoms with Crippen LogP contribution in [0.25, 0.3) is 54.8 Å². The number of hydrogen-bond donors (Lipinski definition) is 0. The first-order chi connectivity index (χ1) is 21.3. The van der Waals surface area contributed by atoms with E-state index in [1.165, 1.54) is 54.8 Å². The Morgan fingerprint density at radius 1 is 0.419 bits per heavy atom. The van der Waals surface area contributed by atoms with Gasteiger partial charge in [-0.25, -0.2) is 0 Å². The van der Waals surface area contributed by atoms with Crippen LogP contribution in [0, 0.1) is 0 Å². The van der Waals surface area contributed by atoms with Crippen molar-refractivity contribution in [2.24, 2.45) is 7.05 Å². The van der Waals surface area contributed by atoms with Crippen molar-refractivity contribution in [2.45, 2.75) is 0 Å². The third-order valence-corrected chi connectivity index (χ3v) is 8.59. The van der Waals surface area contributed by atoms with Gasteiger partial charge in [0, 0.05) is 46.0 Å². The summed E-state index contributed by atoms with van der Waals surface area (Å²) in [6, 6.07) is 58.8. The number of anilines is 3. The van der Waals surface area contributed by atoms with Crippen LogP contribution in [-0.2, 0) is 7.05 Å². The molecule has 2 nitrogen and oxygen atoms in total. The quantitative estimate of drug-likeness (QED) is 0.207. The fraction of sp³-hybridized carbons (Fsp3) is 0.0244. The number of benzene rings is 7. The number of aryl methyl sites for hydroxylation is 1. The molecule has 0 saturated heterocycles. The third-order valence-electron chi connectivity index (χ3n) is 8.59. The van der Waals surface area contributed by atoms with Crippen molar-refractivity contribution in [3.8, 4) is 22.3 Å². The Morgan fingerprint density at radius 3 is 1.70 bits per heavy atom. The lowest BCUT2D eigenvalue weighted by Crippen LogP contribution is -2.09. The Morgan fingerprint density at radius 2 is 0.977 bits per heavy atom. The Balaban J connectivity index is 1.23. The topological polar surface area (TPSA) is 8.17 Å². The largest absolute Gasteiger partial charge is 0.343 e. The molecule has 0 N–H and O–H groups in total. The highest BCUT2D eigenvalue weighted by molar-refractivity contribution is 6.22. The lowest BCUT2D eigenvalue weighted by atomic mass is 9.99. The van der Waals surface area contributed by atoms with Gasteiger partial charge < -0.3 is 9.47 Å². The van der Waals surface area contributed by atoms with Gasteiger partial charge in [0.05, 0.1) is 5.52 Å². The van der Waals surface area contributed by atoms with Crippen molar-refractivity contribution in [3.05, 3.63) is 164 Å². The summed E-state index contributed by atoms with van der Waals surface area (Å²) in [5.41, 5.74) is 10.8. The maximum absolute atomic E-state index is 2.35. The first-order valence-electron chi connectivity index (χ1n) is 14.8. The standard InChI is InChI=1S/C41H30N2/c1-42-39-28-23-31-13-8-9-16-36(31)40(39)38-18-10-17-37(41(38)42)32-21-26-35(27-22-32)43(33-14-6-3-7-15-33)34-24-19-30(20-25-34)29-11-4-2-5-12-29/h2-28H,1H3. The summed E-state index contributed by atoms with van der Waals surface area (Å²) in [4.78, 5) is 2.32. The Kier molecular flexibility index (Phi) is 6.05. The van der Waals surface area contributed by atoms with Crippen molar-refractivity contribution in [3.63, 3.8) is 0 Å². The van der Waals surface area contributed by atoms with Gasteiger partial charge in [-0.3, -0.25) is 0 Å². The number of para-hydroxylation sites is 2. The first kappa shape index (κ1) is 25.1. The summed E-state index contributed by atoms with van der Waals surface area (Å²) in [7, 11) is 2.19. The molecule has 1 aromatic heterocycles. The molecule has 2 heteroatoms. The van der Waals surface area contributed by atoms with Crippen LogP contribution in [0.15, 0.2) is 164 Å². The molecule has 0 aliphatic carbocycles. The molecule has 8 aromatic rings. The molecule has 0 saturated carbocycles. The van der Waals surface area contributed by atoms with Gasteiger partial charge in [-0.05, 0) is 69.9 Å². The fourth-order valence-corrected chi connectivity index (χ4v) is 6.53. The molecule has 204 valence electrons. The monoisotopic (exact) mass is 550 g/mol. The van der Waals surface area contributed by atoms with Crippen molar-refractivity contribution >= 4 is 49.6 Å². The zero-order chi connectivity index (χ0) is 28.8. The molecule has 0 bridgehead atoms. The van der Waals surface area contributed by atoms with Crippen LogP contribution in [0.1, 0.15) is 0 Å². The van der Waals surface area contributed by atoms with Gasteiger partial charge >= 0.3 is 0 Å². The second-order valence-corrected chi connectivity index (χ2v) is 11.1. The molecule has 0 radical (unpaired) electrons. The van der Waals surface area contributed by atoms with Gasteiger partial charge in [0.2, 0.25) is 0 Å². The summed E-state index contributed by atoms with van der Waals surface area (Å²) in [5, 5.41) is 5.19. The minimum Gasteiger partial charge on any atom is -0.343 e. The summed E-state index contributed by atoms with van der Waals surface area (Å²) in [5.74, 6) is 0. The van der Waals surface area contributed by atoms with E-state index in [-0.39, 0.29) is 0 Å². The normalized spacial score (nSPS) is 11.4. The van der Waals surface area contributed by atoms with Gasteiger partial charge in [-0.15, -0.1) is 0 Å². The van der Waals surface area contributed by atoms with Gasteiger partial charge in [-0.1, -0.05) is 121 Å². The zero-order valence-corrected chi connectivity index (χ0v) is 24.0. The van der Waals surface area contributed by atoms with E-state index < -0.39 is 0 Å². The summed E-state index contributed by atoms with van der Waals surface area (Å²) in [6.07, 6.45) is 0. The van der Waals surface area contributed by atoms with Crippen LogP contribution < -0.4 is 4.90 Å². The smallest absolute Gasteiger partial charge is 0.0568 e. The highest BCUT2D eigenvalue weighted by Gasteiger charge is 2.17. The Bertz CT molecular complexity index is 2210. The number of aromatic nitrogens is 1. The second-order valence-electron chi connectivity index (χ2n) is 11.1. The molecule has 0 spiro atoms. The van der Waals surface area contributed by atoms with Gasteiger partial charge in [0.25, 0.3) is 0 Å². The Hall–Kier alpha value is -5.60. The van der Waals surface area contributed by atoms with E-state index in [0.717, 1.165) is 17.1 Å². The average Bonchev–Trinajstić information content (AvgIpc) is 3.38. The van der Waals surface area contributed by atoms with E-state index in [2.05, 4.69) is 180 Å². The molecular formula is C41H30N2. The fourth-order valence-electron chi connectivity index (χ4n) is 6.53. The van der Waals surface area contributed by atoms with Crippen LogP contribution in [0.3, 0.4) is 0 Å². The van der Waals surface area contributed by atoms with Crippen molar-refractivity contribution in [1.82, 2.24) is 4.57 Å². The van der Waals surface area contributed by atoms with Crippen LogP contribution in [0.5, 0.6) is 0 Å². The van der Waals surface area contributed by atoms with E-state index in [4.69, 9.17) is 0 Å². The molecule has 0 amide bonds. The van der Waals surface area contributed by atoms with Crippen LogP contribution >= 0.6 is 0 Å². The molecule has 0 unspecified atom stereocenters. The first-order valence-corrected chi connectivity index (χ1v) is 14.8. The van der Waals surface area contributed by atoms with Crippen molar-refractivity contribution < 1.29 is 0 Å². The summed E-state index contributed by atoms with van der Waals surface area (Å²) >= 11 is 0. The summed E-state index contributed by atoms with van der Waals surface area (Å²) < 4.78 is 2.35.